The first-order chi connectivity index (χ1) is 18.3. The summed E-state index contributed by atoms with van der Waals surface area (Å²) in [7, 11) is 1.99. The number of carbonyl (C=O) groups is 1. The van der Waals surface area contributed by atoms with Gasteiger partial charge in [0.1, 0.15) is 17.2 Å². The Morgan fingerprint density at radius 2 is 1.97 bits per heavy atom. The Labute approximate surface area is 264 Å². The molecule has 1 aliphatic heterocycles. The number of benzene rings is 1. The van der Waals surface area contributed by atoms with Crippen LogP contribution in [0, 0.1) is 5.82 Å². The van der Waals surface area contributed by atoms with Gasteiger partial charge in [0.05, 0.1) is 30.5 Å². The van der Waals surface area contributed by atoms with Crippen LogP contribution >= 0.6 is 0 Å². The molecule has 5 rings (SSSR count). The van der Waals surface area contributed by atoms with Crippen LogP contribution in [0.25, 0.3) is 11.4 Å². The van der Waals surface area contributed by atoms with Crippen molar-refractivity contribution < 1.29 is 84.4 Å². The van der Waals surface area contributed by atoms with E-state index in [2.05, 4.69) is 20.0 Å². The molecule has 2 aromatic heterocycles. The largest absolute Gasteiger partial charge is 1.00 e. The first-order valence-corrected chi connectivity index (χ1v) is 12.0. The van der Waals surface area contributed by atoms with Gasteiger partial charge in [-0.1, -0.05) is 0 Å². The third-order valence-electron chi connectivity index (χ3n) is 6.66. The number of aliphatic hydroxyl groups is 1. The fourth-order valence-corrected chi connectivity index (χ4v) is 4.77. The van der Waals surface area contributed by atoms with Gasteiger partial charge in [-0.05, 0) is 43.7 Å². The summed E-state index contributed by atoms with van der Waals surface area (Å²) in [5.74, 6) is -2.69. The summed E-state index contributed by atoms with van der Waals surface area (Å²) in [6.07, 6.45) is 2.06. The number of alkyl halides is 2. The van der Waals surface area contributed by atoms with E-state index in [1.165, 1.54) is 23.0 Å². The summed E-state index contributed by atoms with van der Waals surface area (Å²) in [5.41, 5.74) is 1.50. The van der Waals surface area contributed by atoms with Gasteiger partial charge in [-0.3, -0.25) is 4.68 Å². The van der Waals surface area contributed by atoms with Crippen LogP contribution in [0.3, 0.4) is 0 Å². The zero-order valence-corrected chi connectivity index (χ0v) is 24.6. The molecule has 11 nitrogen and oxygen atoms in total. The van der Waals surface area contributed by atoms with Gasteiger partial charge in [-0.2, -0.15) is 23.8 Å². The van der Waals surface area contributed by atoms with Crippen molar-refractivity contribution >= 4 is 23.3 Å². The number of carbonyl (C=O) groups excluding carboxylic acids is 1. The molecule has 0 amide bonds. The third kappa shape index (κ3) is 6.15. The number of carboxylic acid groups (broad SMARTS) is 1. The summed E-state index contributed by atoms with van der Waals surface area (Å²) < 4.78 is 43.4. The zero-order chi connectivity index (χ0) is 27.0. The van der Waals surface area contributed by atoms with Crippen molar-refractivity contribution in [1.82, 2.24) is 24.6 Å². The Kier molecular flexibility index (Phi) is 9.64. The van der Waals surface area contributed by atoms with E-state index in [-0.39, 0.29) is 87.6 Å². The number of aryl methyl sites for hydroxylation is 1. The van der Waals surface area contributed by atoms with Gasteiger partial charge in [0.15, 0.2) is 0 Å². The predicted molar refractivity (Wildman–Crippen MR) is 127 cm³/mol. The molecule has 0 radical (unpaired) electrons. The van der Waals surface area contributed by atoms with Crippen molar-refractivity contribution in [2.24, 2.45) is 0 Å². The summed E-state index contributed by atoms with van der Waals surface area (Å²) in [5, 5.41) is 25.7. The van der Waals surface area contributed by atoms with Crippen LogP contribution in [-0.4, -0.2) is 82.2 Å². The topological polar surface area (TPSA) is 123 Å². The SMILES string of the molecule is CN1CCN(c2ccc(F)c(N(OC(F)F)c3ncc4c(n3)-c3c(c(C(=O)[O-])nn3CCO)CC4)c2)CC1.[K+]. The molecular weight excluding hydrogens is 546 g/mol. The molecule has 1 aromatic carbocycles. The molecule has 0 spiro atoms. The number of aromatic nitrogens is 4. The predicted octanol–water partition coefficient (Wildman–Crippen LogP) is -2.02. The standard InChI is InChI=1S/C24H26F3N7O4.K/c1-31-6-8-32(9-7-31)15-3-5-17(25)18(12-15)34(38-23(26)27)24-28-13-14-2-4-16-20(22(36)37)30-33(10-11-35)21(16)19(14)29-24;/h3,5,12-13,23,35H,2,4,6-11H2,1H3,(H,36,37);/q;+1/p-1. The number of rotatable bonds is 8. The number of piperazine rings is 1. The Bertz CT molecular complexity index is 1350. The summed E-state index contributed by atoms with van der Waals surface area (Å²) in [6, 6.07) is 4.14. The van der Waals surface area contributed by atoms with E-state index >= 15 is 4.39 Å². The van der Waals surface area contributed by atoms with Gasteiger partial charge in [0, 0.05) is 43.6 Å². The molecule has 1 fully saturated rings. The maximum absolute atomic E-state index is 15.1. The minimum absolute atomic E-state index is 0. The fraction of sp³-hybridized carbons (Fsp3) is 0.417. The van der Waals surface area contributed by atoms with Gasteiger partial charge in [0.25, 0.3) is 5.95 Å². The average molecular weight is 572 g/mol. The normalized spacial score (nSPS) is 15.1. The molecule has 1 N–H and O–H groups in total. The average Bonchev–Trinajstić information content (AvgIpc) is 3.27. The van der Waals surface area contributed by atoms with Crippen molar-refractivity contribution in [3.63, 3.8) is 0 Å². The Morgan fingerprint density at radius 1 is 1.23 bits per heavy atom. The van der Waals surface area contributed by atoms with Gasteiger partial charge in [0.2, 0.25) is 0 Å². The Hall–Kier alpha value is -2.11. The van der Waals surface area contributed by atoms with Crippen molar-refractivity contribution in [3.05, 3.63) is 47.0 Å². The van der Waals surface area contributed by atoms with Gasteiger partial charge in [-0.25, -0.2) is 14.4 Å². The van der Waals surface area contributed by atoms with Gasteiger partial charge in [-0.15, -0.1) is 0 Å². The quantitative estimate of drug-likeness (QED) is 0.240. The number of halogens is 3. The molecule has 0 saturated carbocycles. The molecule has 3 heterocycles. The Balaban J connectivity index is 0.00000353. The number of aromatic carboxylic acids is 1. The maximum atomic E-state index is 15.1. The third-order valence-corrected chi connectivity index (χ3v) is 6.66. The number of hydrogen-bond acceptors (Lipinski definition) is 10. The van der Waals surface area contributed by atoms with E-state index in [9.17, 15) is 23.8 Å². The van der Waals surface area contributed by atoms with E-state index in [0.717, 1.165) is 13.1 Å². The monoisotopic (exact) mass is 571 g/mol. The van der Waals surface area contributed by atoms with Crippen molar-refractivity contribution in [2.75, 3.05) is 49.8 Å². The summed E-state index contributed by atoms with van der Waals surface area (Å²) in [6.45, 7) is -0.769. The Morgan fingerprint density at radius 3 is 2.64 bits per heavy atom. The number of carboxylic acids is 1. The van der Waals surface area contributed by atoms with E-state index < -0.39 is 18.4 Å². The maximum Gasteiger partial charge on any atom is 1.00 e. The molecule has 3 aromatic rings. The van der Waals surface area contributed by atoms with Crippen LogP contribution in [0.5, 0.6) is 0 Å². The molecular formula is C24H25F3KN7O4. The summed E-state index contributed by atoms with van der Waals surface area (Å²) >= 11 is 0. The number of fused-ring (bicyclic) bond motifs is 3. The number of aliphatic hydroxyl groups excluding tert-OH is 1. The van der Waals surface area contributed by atoms with Crippen LogP contribution in [0.4, 0.5) is 30.5 Å². The van der Waals surface area contributed by atoms with Crippen molar-refractivity contribution in [2.45, 2.75) is 26.0 Å². The number of nitrogens with zero attached hydrogens (tertiary/aromatic N) is 7. The molecule has 1 saturated heterocycles. The van der Waals surface area contributed by atoms with Crippen molar-refractivity contribution in [1.29, 1.82) is 0 Å². The minimum Gasteiger partial charge on any atom is -0.543 e. The minimum atomic E-state index is -3.32. The number of likely N-dealkylation sites (N-methyl/N-ethyl adjacent to an activating group) is 1. The van der Waals surface area contributed by atoms with Crippen LogP contribution in [-0.2, 0) is 24.2 Å². The van der Waals surface area contributed by atoms with Crippen LogP contribution < -0.4 is 66.5 Å². The van der Waals surface area contributed by atoms with Crippen LogP contribution in [0.1, 0.15) is 21.6 Å². The van der Waals surface area contributed by atoms with Crippen molar-refractivity contribution in [3.8, 4) is 11.4 Å². The molecule has 2 aliphatic rings. The van der Waals surface area contributed by atoms with E-state index in [4.69, 9.17) is 4.84 Å². The second-order valence-electron chi connectivity index (χ2n) is 9.04. The van der Waals surface area contributed by atoms with Crippen LogP contribution in [0.2, 0.25) is 0 Å². The smallest absolute Gasteiger partial charge is 0.543 e. The summed E-state index contributed by atoms with van der Waals surface area (Å²) in [4.78, 5) is 29.1. The molecule has 0 unspecified atom stereocenters. The first-order valence-electron chi connectivity index (χ1n) is 12.0. The zero-order valence-electron chi connectivity index (χ0n) is 21.5. The molecule has 0 atom stereocenters. The van der Waals surface area contributed by atoms with Gasteiger partial charge >= 0.3 is 58.0 Å². The fourth-order valence-electron chi connectivity index (χ4n) is 4.77. The van der Waals surface area contributed by atoms with E-state index in [1.54, 1.807) is 6.07 Å². The first kappa shape index (κ1) is 29.9. The van der Waals surface area contributed by atoms with E-state index in [1.807, 2.05) is 11.9 Å². The molecule has 202 valence electrons. The molecule has 39 heavy (non-hydrogen) atoms. The second kappa shape index (κ2) is 12.6. The number of anilines is 3. The number of hydrogen-bond donors (Lipinski definition) is 1. The van der Waals surface area contributed by atoms with E-state index in [0.29, 0.717) is 53.5 Å². The molecule has 0 bridgehead atoms. The van der Waals surface area contributed by atoms with Crippen LogP contribution in [0.15, 0.2) is 24.4 Å². The molecule has 1 aliphatic carbocycles. The van der Waals surface area contributed by atoms with Gasteiger partial charge < -0.3 is 24.8 Å². The molecule has 15 heteroatoms. The second-order valence-corrected chi connectivity index (χ2v) is 9.04.